The topological polar surface area (TPSA) is 130 Å². The van der Waals surface area contributed by atoms with Crippen LogP contribution in [0.1, 0.15) is 20.7 Å². The molecule has 0 radical (unpaired) electrons. The summed E-state index contributed by atoms with van der Waals surface area (Å²) in [6, 6.07) is 23.8. The molecule has 4 aromatic rings. The summed E-state index contributed by atoms with van der Waals surface area (Å²) in [5.74, 6) is -1.23. The number of pyridine rings is 2. The Hall–Kier alpha value is -4.23. The fourth-order valence-electron chi connectivity index (χ4n) is 2.69. The van der Waals surface area contributed by atoms with Crippen LogP contribution in [0.15, 0.2) is 97.3 Å². The summed E-state index contributed by atoms with van der Waals surface area (Å²) < 4.78 is 0. The van der Waals surface area contributed by atoms with Crippen LogP contribution < -0.4 is 20.8 Å². The number of hydrogen-bond acceptors (Lipinski definition) is 8. The van der Waals surface area contributed by atoms with E-state index in [9.17, 15) is 19.8 Å². The normalized spacial score (nSPS) is 9.45. The number of aromatic nitrogens is 2. The largest absolute Gasteiger partial charge is 2.00 e. The van der Waals surface area contributed by atoms with Gasteiger partial charge in [0.25, 0.3) is 0 Å². The first kappa shape index (κ1) is 25.0. The molecular formula is C24H18N4NiO4. The van der Waals surface area contributed by atoms with Crippen molar-refractivity contribution in [3.63, 3.8) is 0 Å². The molecular weight excluding hydrogens is 467 g/mol. The summed E-state index contributed by atoms with van der Waals surface area (Å²) in [4.78, 5) is 29.8. The summed E-state index contributed by atoms with van der Waals surface area (Å²) in [5, 5.41) is 27.5. The number of carboxylic acid groups (broad SMARTS) is 2. The first-order valence-electron chi connectivity index (χ1n) is 9.51. The van der Waals surface area contributed by atoms with Crippen molar-refractivity contribution in [2.24, 2.45) is 0 Å². The third kappa shape index (κ3) is 7.45. The zero-order valence-corrected chi connectivity index (χ0v) is 18.1. The number of carbonyl (C=O) groups is 2. The molecule has 0 saturated carbocycles. The van der Waals surface area contributed by atoms with Gasteiger partial charge in [-0.15, -0.1) is 0 Å². The first-order valence-corrected chi connectivity index (χ1v) is 9.51. The number of para-hydroxylation sites is 2. The van der Waals surface area contributed by atoms with E-state index in [1.54, 1.807) is 73.1 Å². The summed E-state index contributed by atoms with van der Waals surface area (Å²) in [6.45, 7) is 0. The Kier molecular flexibility index (Phi) is 9.55. The van der Waals surface area contributed by atoms with E-state index in [-0.39, 0.29) is 27.6 Å². The molecule has 33 heavy (non-hydrogen) atoms. The molecule has 0 aliphatic heterocycles. The molecule has 0 bridgehead atoms. The molecule has 0 fully saturated rings. The van der Waals surface area contributed by atoms with E-state index in [1.807, 2.05) is 12.1 Å². The monoisotopic (exact) mass is 484 g/mol. The summed E-state index contributed by atoms with van der Waals surface area (Å²) in [5.41, 5.74) is 1.18. The minimum absolute atomic E-state index is 0. The maximum absolute atomic E-state index is 10.8. The Balaban J connectivity index is 0.000000227. The van der Waals surface area contributed by atoms with Gasteiger partial charge < -0.3 is 30.4 Å². The molecule has 2 aromatic heterocycles. The zero-order valence-electron chi connectivity index (χ0n) is 17.1. The zero-order chi connectivity index (χ0) is 22.8. The molecule has 2 aromatic carbocycles. The van der Waals surface area contributed by atoms with E-state index in [1.165, 1.54) is 12.1 Å². The smallest absolute Gasteiger partial charge is 0.545 e. The van der Waals surface area contributed by atoms with Crippen molar-refractivity contribution in [2.75, 3.05) is 10.6 Å². The number of carbonyl (C=O) groups excluding carboxylic acids is 2. The minimum Gasteiger partial charge on any atom is -0.545 e. The molecule has 0 aliphatic rings. The number of nitrogens with one attached hydrogen (secondary N) is 2. The first-order chi connectivity index (χ1) is 15.5. The van der Waals surface area contributed by atoms with Gasteiger partial charge in [-0.3, -0.25) is 0 Å². The SMILES string of the molecule is O=C([O-])c1ccccc1Nc1ccccn1.O=C([O-])c1ccccc1Nc1ccccn1.[Ni+2]. The second-order valence-corrected chi connectivity index (χ2v) is 6.35. The molecule has 2 N–H and O–H groups in total. The average Bonchev–Trinajstić information content (AvgIpc) is 2.81. The summed E-state index contributed by atoms with van der Waals surface area (Å²) in [7, 11) is 0. The van der Waals surface area contributed by atoms with E-state index in [0.29, 0.717) is 23.0 Å². The van der Waals surface area contributed by atoms with Crippen LogP contribution in [0.4, 0.5) is 23.0 Å². The van der Waals surface area contributed by atoms with Crippen LogP contribution >= 0.6 is 0 Å². The summed E-state index contributed by atoms with van der Waals surface area (Å²) >= 11 is 0. The van der Waals surface area contributed by atoms with Gasteiger partial charge in [-0.25, -0.2) is 9.97 Å². The quantitative estimate of drug-likeness (QED) is 0.399. The molecule has 8 nitrogen and oxygen atoms in total. The van der Waals surface area contributed by atoms with Crippen LogP contribution in [0, 0.1) is 0 Å². The number of rotatable bonds is 6. The van der Waals surface area contributed by atoms with Gasteiger partial charge in [0.2, 0.25) is 0 Å². The van der Waals surface area contributed by atoms with Crippen LogP contribution in [0.3, 0.4) is 0 Å². The third-order valence-corrected chi connectivity index (χ3v) is 4.15. The molecule has 2 heterocycles. The second-order valence-electron chi connectivity index (χ2n) is 6.35. The molecule has 0 saturated heterocycles. The van der Waals surface area contributed by atoms with Gasteiger partial charge in [0.05, 0.1) is 11.9 Å². The number of hydrogen-bond donors (Lipinski definition) is 2. The Bertz CT molecular complexity index is 1100. The van der Waals surface area contributed by atoms with Gasteiger partial charge in [-0.1, -0.05) is 48.5 Å². The molecule has 0 aliphatic carbocycles. The molecule has 0 amide bonds. The number of nitrogens with zero attached hydrogens (tertiary/aromatic N) is 2. The minimum atomic E-state index is -1.21. The Labute approximate surface area is 200 Å². The maximum atomic E-state index is 10.8. The van der Waals surface area contributed by atoms with Gasteiger partial charge in [0.1, 0.15) is 11.6 Å². The van der Waals surface area contributed by atoms with E-state index >= 15 is 0 Å². The van der Waals surface area contributed by atoms with Crippen molar-refractivity contribution in [1.29, 1.82) is 0 Å². The van der Waals surface area contributed by atoms with Crippen molar-refractivity contribution >= 4 is 34.9 Å². The van der Waals surface area contributed by atoms with Crippen molar-refractivity contribution in [1.82, 2.24) is 9.97 Å². The number of anilines is 4. The fourth-order valence-corrected chi connectivity index (χ4v) is 2.69. The van der Waals surface area contributed by atoms with Gasteiger partial charge in [0.15, 0.2) is 0 Å². The second kappa shape index (κ2) is 12.6. The predicted molar refractivity (Wildman–Crippen MR) is 117 cm³/mol. The third-order valence-electron chi connectivity index (χ3n) is 4.15. The van der Waals surface area contributed by atoms with Crippen LogP contribution in [0.2, 0.25) is 0 Å². The van der Waals surface area contributed by atoms with Crippen LogP contribution in [0.5, 0.6) is 0 Å². The van der Waals surface area contributed by atoms with Gasteiger partial charge >= 0.3 is 16.5 Å². The Morgan fingerprint density at radius 3 is 1.27 bits per heavy atom. The summed E-state index contributed by atoms with van der Waals surface area (Å²) in [6.07, 6.45) is 3.26. The fraction of sp³-hybridized carbons (Fsp3) is 0. The van der Waals surface area contributed by atoms with Crippen LogP contribution in [-0.2, 0) is 16.5 Å². The maximum Gasteiger partial charge on any atom is 2.00 e. The van der Waals surface area contributed by atoms with Gasteiger partial charge in [-0.05, 0) is 36.4 Å². The number of carboxylic acids is 2. The van der Waals surface area contributed by atoms with E-state index in [2.05, 4.69) is 20.6 Å². The van der Waals surface area contributed by atoms with Crippen molar-refractivity contribution in [3.05, 3.63) is 108 Å². The standard InChI is InChI=1S/2C12H10N2O2.Ni/c2*15-12(16)9-5-1-2-6-10(9)14-11-7-3-4-8-13-11;/h2*1-8H,(H,13,14)(H,15,16);/q;;+2/p-2. The van der Waals surface area contributed by atoms with Crippen molar-refractivity contribution in [2.45, 2.75) is 0 Å². The molecule has 0 spiro atoms. The van der Waals surface area contributed by atoms with Crippen molar-refractivity contribution < 1.29 is 36.3 Å². The Morgan fingerprint density at radius 1 is 0.576 bits per heavy atom. The van der Waals surface area contributed by atoms with Crippen LogP contribution in [0.25, 0.3) is 0 Å². The van der Waals surface area contributed by atoms with E-state index < -0.39 is 11.9 Å². The number of benzene rings is 2. The predicted octanol–water partition coefficient (Wildman–Crippen LogP) is 2.37. The molecule has 0 atom stereocenters. The molecule has 0 unspecified atom stereocenters. The molecule has 4 rings (SSSR count). The number of aromatic carboxylic acids is 2. The van der Waals surface area contributed by atoms with E-state index in [0.717, 1.165) is 0 Å². The molecule has 168 valence electrons. The van der Waals surface area contributed by atoms with E-state index in [4.69, 9.17) is 0 Å². The Morgan fingerprint density at radius 2 is 0.939 bits per heavy atom. The van der Waals surface area contributed by atoms with Gasteiger partial charge in [-0.2, -0.15) is 0 Å². The average molecular weight is 485 g/mol. The molecule has 9 heteroatoms. The van der Waals surface area contributed by atoms with Gasteiger partial charge in [0, 0.05) is 34.9 Å². The van der Waals surface area contributed by atoms with Crippen molar-refractivity contribution in [3.8, 4) is 0 Å². The van der Waals surface area contributed by atoms with Crippen LogP contribution in [-0.4, -0.2) is 21.9 Å².